The molecule has 9 heteroatoms. The molecule has 0 aromatic heterocycles. The fraction of sp³-hybridized carbons (Fsp3) is 0.429. The fourth-order valence-corrected chi connectivity index (χ4v) is 5.15. The highest BCUT2D eigenvalue weighted by Gasteiger charge is 2.25. The van der Waals surface area contributed by atoms with Crippen molar-refractivity contribution in [2.24, 2.45) is 0 Å². The Kier molecular flexibility index (Phi) is 13.3. The largest absolute Gasteiger partial charge is 0.390 e. The van der Waals surface area contributed by atoms with E-state index in [1.807, 2.05) is 45.0 Å². The van der Waals surface area contributed by atoms with Gasteiger partial charge in [-0.3, -0.25) is 9.59 Å². The van der Waals surface area contributed by atoms with Crippen molar-refractivity contribution in [1.82, 2.24) is 15.5 Å². The van der Waals surface area contributed by atoms with E-state index in [9.17, 15) is 23.5 Å². The van der Waals surface area contributed by atoms with Crippen molar-refractivity contribution < 1.29 is 23.5 Å². The van der Waals surface area contributed by atoms with Gasteiger partial charge < -0.3 is 25.5 Å². The molecule has 2 atom stereocenters. The van der Waals surface area contributed by atoms with E-state index < -0.39 is 29.7 Å². The first-order chi connectivity index (χ1) is 21.0. The number of nitrogens with zero attached hydrogens (tertiary/aromatic N) is 2. The first-order valence-corrected chi connectivity index (χ1v) is 15.4. The summed E-state index contributed by atoms with van der Waals surface area (Å²) < 4.78 is 28.1. The number of anilines is 1. The topological polar surface area (TPSA) is 84.9 Å². The zero-order valence-electron chi connectivity index (χ0n) is 26.5. The number of aryl methyl sites for hydroxylation is 1. The van der Waals surface area contributed by atoms with Gasteiger partial charge in [0.25, 0.3) is 11.8 Å². The van der Waals surface area contributed by atoms with Crippen molar-refractivity contribution >= 4 is 17.5 Å². The van der Waals surface area contributed by atoms with E-state index in [2.05, 4.69) is 29.7 Å². The van der Waals surface area contributed by atoms with Crippen molar-refractivity contribution in [1.29, 1.82) is 0 Å². The number of carbonyl (C=O) groups is 2. The van der Waals surface area contributed by atoms with Crippen molar-refractivity contribution in [2.75, 3.05) is 38.6 Å². The summed E-state index contributed by atoms with van der Waals surface area (Å²) in [7, 11) is 3.65. The SMILES string of the molecule is CCCN(CCC)C(=O)c1cc(C(=O)NC(Cc2cc(F)cc(F)c2)C(O)CNCc2cccc(CC)c2)cc(N(C)C)c1. The Morgan fingerprint density at radius 2 is 1.48 bits per heavy atom. The van der Waals surface area contributed by atoms with E-state index in [0.29, 0.717) is 36.4 Å². The van der Waals surface area contributed by atoms with Crippen LogP contribution in [0.1, 0.15) is 71.0 Å². The van der Waals surface area contributed by atoms with Crippen LogP contribution in [0.3, 0.4) is 0 Å². The van der Waals surface area contributed by atoms with Gasteiger partial charge in [-0.15, -0.1) is 0 Å². The van der Waals surface area contributed by atoms with Gasteiger partial charge in [0.2, 0.25) is 0 Å². The summed E-state index contributed by atoms with van der Waals surface area (Å²) in [6, 6.07) is 15.4. The molecule has 44 heavy (non-hydrogen) atoms. The normalized spacial score (nSPS) is 12.5. The molecule has 0 saturated heterocycles. The average Bonchev–Trinajstić information content (AvgIpc) is 2.99. The molecule has 7 nitrogen and oxygen atoms in total. The quantitative estimate of drug-likeness (QED) is 0.204. The van der Waals surface area contributed by atoms with Crippen LogP contribution >= 0.6 is 0 Å². The van der Waals surface area contributed by atoms with Gasteiger partial charge in [0.1, 0.15) is 11.6 Å². The minimum atomic E-state index is -1.08. The number of benzene rings is 3. The number of amides is 2. The summed E-state index contributed by atoms with van der Waals surface area (Å²) in [6.07, 6.45) is 1.44. The Balaban J connectivity index is 1.86. The zero-order valence-corrected chi connectivity index (χ0v) is 26.5. The average molecular weight is 609 g/mol. The van der Waals surface area contributed by atoms with Crippen LogP contribution in [0.4, 0.5) is 14.5 Å². The molecule has 0 fully saturated rings. The molecule has 0 spiro atoms. The number of halogens is 2. The number of carbonyl (C=O) groups excluding carboxylic acids is 2. The lowest BCUT2D eigenvalue weighted by Gasteiger charge is -2.26. The molecule has 238 valence electrons. The predicted octanol–water partition coefficient (Wildman–Crippen LogP) is 5.35. The number of aliphatic hydroxyl groups excluding tert-OH is 1. The van der Waals surface area contributed by atoms with E-state index in [-0.39, 0.29) is 24.4 Å². The molecule has 2 unspecified atom stereocenters. The molecule has 0 radical (unpaired) electrons. The van der Waals surface area contributed by atoms with Gasteiger partial charge >= 0.3 is 0 Å². The Labute approximate surface area is 260 Å². The molecular weight excluding hydrogens is 562 g/mol. The second-order valence-corrected chi connectivity index (χ2v) is 11.4. The molecule has 0 saturated carbocycles. The monoisotopic (exact) mass is 608 g/mol. The summed E-state index contributed by atoms with van der Waals surface area (Å²) in [5.41, 5.74) is 3.88. The second kappa shape index (κ2) is 16.9. The van der Waals surface area contributed by atoms with Crippen molar-refractivity contribution in [3.8, 4) is 0 Å². The van der Waals surface area contributed by atoms with Crippen LogP contribution in [0, 0.1) is 11.6 Å². The highest BCUT2D eigenvalue weighted by Crippen LogP contribution is 2.21. The van der Waals surface area contributed by atoms with E-state index in [0.717, 1.165) is 30.9 Å². The van der Waals surface area contributed by atoms with Gasteiger partial charge in [-0.05, 0) is 72.7 Å². The number of nitrogens with one attached hydrogen (secondary N) is 2. The Hall–Kier alpha value is -3.82. The van der Waals surface area contributed by atoms with Crippen molar-refractivity contribution in [2.45, 2.75) is 65.1 Å². The van der Waals surface area contributed by atoms with Gasteiger partial charge in [-0.25, -0.2) is 8.78 Å². The third-order valence-electron chi connectivity index (χ3n) is 7.46. The van der Waals surface area contributed by atoms with Gasteiger partial charge in [0.15, 0.2) is 0 Å². The van der Waals surface area contributed by atoms with Crippen LogP contribution in [-0.2, 0) is 19.4 Å². The minimum Gasteiger partial charge on any atom is -0.390 e. The van der Waals surface area contributed by atoms with Crippen molar-refractivity contribution in [3.05, 3.63) is 100 Å². The summed E-state index contributed by atoms with van der Waals surface area (Å²) in [5.74, 6) is -2.13. The lowest BCUT2D eigenvalue weighted by atomic mass is 9.99. The lowest BCUT2D eigenvalue weighted by Crippen LogP contribution is -2.48. The van der Waals surface area contributed by atoms with E-state index in [1.165, 1.54) is 17.7 Å². The second-order valence-electron chi connectivity index (χ2n) is 11.4. The smallest absolute Gasteiger partial charge is 0.253 e. The van der Waals surface area contributed by atoms with Gasteiger partial charge in [-0.1, -0.05) is 45.0 Å². The maximum atomic E-state index is 14.0. The maximum Gasteiger partial charge on any atom is 0.253 e. The van der Waals surface area contributed by atoms with Crippen LogP contribution in [0.5, 0.6) is 0 Å². The number of aliphatic hydroxyl groups is 1. The summed E-state index contributed by atoms with van der Waals surface area (Å²) >= 11 is 0. The predicted molar refractivity (Wildman–Crippen MR) is 172 cm³/mol. The Morgan fingerprint density at radius 1 is 0.841 bits per heavy atom. The van der Waals surface area contributed by atoms with Gasteiger partial charge in [0.05, 0.1) is 12.1 Å². The highest BCUT2D eigenvalue weighted by atomic mass is 19.1. The molecular formula is C35H46F2N4O3. The summed E-state index contributed by atoms with van der Waals surface area (Å²) in [6.45, 7) is 7.95. The zero-order chi connectivity index (χ0) is 32.2. The molecule has 0 aliphatic rings. The first kappa shape index (κ1) is 34.7. The molecule has 0 heterocycles. The van der Waals surface area contributed by atoms with Crippen LogP contribution in [-0.4, -0.2) is 67.7 Å². The molecule has 0 bridgehead atoms. The molecule has 3 rings (SSSR count). The Morgan fingerprint density at radius 3 is 2.09 bits per heavy atom. The van der Waals surface area contributed by atoms with Crippen molar-refractivity contribution in [3.63, 3.8) is 0 Å². The molecule has 3 aromatic carbocycles. The lowest BCUT2D eigenvalue weighted by molar-refractivity contribution is 0.0755. The van der Waals surface area contributed by atoms with Crippen LogP contribution in [0.15, 0.2) is 60.7 Å². The van der Waals surface area contributed by atoms with Crippen LogP contribution in [0.2, 0.25) is 0 Å². The van der Waals surface area contributed by atoms with E-state index in [1.54, 1.807) is 23.1 Å². The Bertz CT molecular complexity index is 1370. The highest BCUT2D eigenvalue weighted by molar-refractivity contribution is 6.01. The number of hydrogen-bond acceptors (Lipinski definition) is 5. The molecule has 2 amide bonds. The van der Waals surface area contributed by atoms with E-state index >= 15 is 0 Å². The summed E-state index contributed by atoms with van der Waals surface area (Å²) in [5, 5.41) is 17.3. The maximum absolute atomic E-state index is 14.0. The third-order valence-corrected chi connectivity index (χ3v) is 7.46. The molecule has 0 aliphatic heterocycles. The van der Waals surface area contributed by atoms with Crippen LogP contribution < -0.4 is 15.5 Å². The number of rotatable bonds is 16. The van der Waals surface area contributed by atoms with Gasteiger partial charge in [-0.2, -0.15) is 0 Å². The van der Waals surface area contributed by atoms with E-state index in [4.69, 9.17) is 0 Å². The summed E-state index contributed by atoms with van der Waals surface area (Å²) in [4.78, 5) is 30.7. The molecule has 3 aromatic rings. The first-order valence-electron chi connectivity index (χ1n) is 15.4. The molecule has 0 aliphatic carbocycles. The number of hydrogen-bond donors (Lipinski definition) is 3. The standard InChI is InChI=1S/C35H46F2N4O3/c1-6-12-41(13-7-2)35(44)28-18-27(19-31(20-28)40(4)5)34(43)39-32(17-26-15-29(36)21-30(37)16-26)33(42)23-38-22-25-11-9-10-24(8-3)14-25/h9-11,14-16,18-21,32-33,38,42H,6-8,12-13,17,22-23H2,1-5H3,(H,39,43). The fourth-order valence-electron chi connectivity index (χ4n) is 5.15. The third kappa shape index (κ3) is 10.1. The molecule has 3 N–H and O–H groups in total. The van der Waals surface area contributed by atoms with Crippen LogP contribution in [0.25, 0.3) is 0 Å². The minimum absolute atomic E-state index is 0.00543. The van der Waals surface area contributed by atoms with Gasteiger partial charge in [0, 0.05) is 63.2 Å².